The number of likely N-dealkylation sites (N-methyl/N-ethyl adjacent to an activating group) is 2. The number of methoxy groups -OCH3 is 3. The van der Waals surface area contributed by atoms with E-state index in [1.165, 1.54) is 26.7 Å². The van der Waals surface area contributed by atoms with Crippen molar-refractivity contribution in [1.29, 1.82) is 0 Å². The summed E-state index contributed by atoms with van der Waals surface area (Å²) in [5, 5.41) is 14.4. The predicted molar refractivity (Wildman–Crippen MR) is 218 cm³/mol. The Morgan fingerprint density at radius 1 is 1.02 bits per heavy atom. The number of benzene rings is 2. The Balaban J connectivity index is 1.38. The van der Waals surface area contributed by atoms with Crippen molar-refractivity contribution in [3.05, 3.63) is 82.6 Å². The SMILES string of the molecule is CCC1=C[C@H]2C[C@](C(=O)OC)(c3cc4c(cc3OC)N(C)[C@H]3[C@@](O)(C(=O)OC)[C@H](OC(C)=O)[C@]5(CC)C=CCN6CC[C@]43[C@@H]65)c3[nH]c4ccccc4c3C[N+](C)(C1)C2. The number of fused-ring (bicyclic) bond motifs is 6. The van der Waals surface area contributed by atoms with Crippen LogP contribution in [0.1, 0.15) is 68.8 Å². The number of H-pyrrole nitrogens is 1. The molecule has 1 aromatic heterocycles. The molecule has 9 atom stereocenters. The summed E-state index contributed by atoms with van der Waals surface area (Å²) in [5.41, 5.74) is 1.16. The lowest BCUT2D eigenvalue weighted by Gasteiger charge is -2.63. The lowest BCUT2D eigenvalue weighted by atomic mass is 9.47. The Bertz CT molecular complexity index is 2300. The second kappa shape index (κ2) is 13.2. The highest BCUT2D eigenvalue weighted by Crippen LogP contribution is 2.68. The predicted octanol–water partition coefficient (Wildman–Crippen LogP) is 4.90. The quantitative estimate of drug-likeness (QED) is 0.148. The van der Waals surface area contributed by atoms with Gasteiger partial charge in [-0.25, -0.2) is 4.79 Å². The van der Waals surface area contributed by atoms with Crippen LogP contribution < -0.4 is 9.64 Å². The van der Waals surface area contributed by atoms with E-state index >= 15 is 4.79 Å². The van der Waals surface area contributed by atoms with Gasteiger partial charge < -0.3 is 38.4 Å². The largest absolute Gasteiger partial charge is 0.496 e. The summed E-state index contributed by atoms with van der Waals surface area (Å²) >= 11 is 0. The van der Waals surface area contributed by atoms with E-state index in [4.69, 9.17) is 18.9 Å². The minimum atomic E-state index is -2.28. The monoisotopic (exact) mass is 793 g/mol. The number of carbonyl (C=O) groups excluding carboxylic acids is 3. The molecule has 2 aromatic carbocycles. The van der Waals surface area contributed by atoms with Crippen molar-refractivity contribution in [3.63, 3.8) is 0 Å². The fourth-order valence-corrected chi connectivity index (χ4v) is 13.4. The minimum absolute atomic E-state index is 0.0423. The Kier molecular flexibility index (Phi) is 8.83. The molecule has 1 spiro atoms. The van der Waals surface area contributed by atoms with Crippen LogP contribution >= 0.6 is 0 Å². The Morgan fingerprint density at radius 2 is 1.78 bits per heavy atom. The topological polar surface area (TPSA) is 131 Å². The van der Waals surface area contributed by atoms with Crippen LogP contribution in [0.4, 0.5) is 5.69 Å². The van der Waals surface area contributed by atoms with Crippen molar-refractivity contribution in [2.75, 3.05) is 66.5 Å². The van der Waals surface area contributed by atoms with E-state index < -0.39 is 45.9 Å². The molecule has 12 heteroatoms. The zero-order valence-corrected chi connectivity index (χ0v) is 35.0. The number of nitrogens with one attached hydrogen (secondary N) is 1. The van der Waals surface area contributed by atoms with Crippen molar-refractivity contribution in [3.8, 4) is 5.75 Å². The number of carbonyl (C=O) groups is 3. The van der Waals surface area contributed by atoms with Crippen LogP contribution in [0.25, 0.3) is 10.9 Å². The van der Waals surface area contributed by atoms with Gasteiger partial charge >= 0.3 is 17.9 Å². The number of hydrogen-bond donors (Lipinski definition) is 2. The number of quaternary nitrogens is 1. The fourth-order valence-electron chi connectivity index (χ4n) is 13.4. The summed E-state index contributed by atoms with van der Waals surface area (Å²) in [7, 11) is 8.57. The van der Waals surface area contributed by atoms with Crippen molar-refractivity contribution in [1.82, 2.24) is 9.88 Å². The van der Waals surface area contributed by atoms with Gasteiger partial charge in [0.05, 0.1) is 41.0 Å². The summed E-state index contributed by atoms with van der Waals surface area (Å²) in [5.74, 6) is -1.28. The number of esters is 3. The van der Waals surface area contributed by atoms with Crippen molar-refractivity contribution < 1.29 is 42.9 Å². The minimum Gasteiger partial charge on any atom is -0.496 e. The zero-order valence-electron chi connectivity index (χ0n) is 35.0. The van der Waals surface area contributed by atoms with Crippen LogP contribution in [0, 0.1) is 11.3 Å². The molecule has 2 bridgehead atoms. The molecular formula is C46H57N4O8+. The molecular weight excluding hydrogens is 737 g/mol. The average molecular weight is 794 g/mol. The Morgan fingerprint density at radius 3 is 2.47 bits per heavy atom. The molecule has 5 aliphatic heterocycles. The molecule has 58 heavy (non-hydrogen) atoms. The number of para-hydroxylation sites is 1. The van der Waals surface area contributed by atoms with E-state index in [9.17, 15) is 14.7 Å². The third-order valence-corrected chi connectivity index (χ3v) is 15.3. The van der Waals surface area contributed by atoms with E-state index in [0.29, 0.717) is 43.7 Å². The molecule has 1 saturated heterocycles. The van der Waals surface area contributed by atoms with E-state index in [0.717, 1.165) is 63.9 Å². The van der Waals surface area contributed by atoms with Crippen molar-refractivity contribution >= 4 is 34.5 Å². The van der Waals surface area contributed by atoms with Gasteiger partial charge in [0, 0.05) is 82.8 Å². The first kappa shape index (κ1) is 38.8. The maximum absolute atomic E-state index is 15.3. The van der Waals surface area contributed by atoms with Crippen LogP contribution in [-0.2, 0) is 46.0 Å². The third-order valence-electron chi connectivity index (χ3n) is 15.3. The second-order valence-electron chi connectivity index (χ2n) is 18.1. The highest BCUT2D eigenvalue weighted by molar-refractivity contribution is 5.95. The normalized spacial score (nSPS) is 35.8. The molecule has 6 heterocycles. The molecule has 6 aliphatic rings. The van der Waals surface area contributed by atoms with Gasteiger partial charge in [-0.1, -0.05) is 50.3 Å². The van der Waals surface area contributed by atoms with Gasteiger partial charge in [-0.15, -0.1) is 0 Å². The molecule has 1 aliphatic carbocycles. The fraction of sp³-hybridized carbons (Fsp3) is 0.543. The average Bonchev–Trinajstić information content (AvgIpc) is 3.86. The molecule has 2 fully saturated rings. The van der Waals surface area contributed by atoms with Gasteiger partial charge in [0.25, 0.3) is 0 Å². The Labute approximate surface area is 340 Å². The maximum atomic E-state index is 15.3. The summed E-state index contributed by atoms with van der Waals surface area (Å²) in [4.78, 5) is 50.8. The zero-order chi connectivity index (χ0) is 41.2. The Hall–Kier alpha value is -4.65. The van der Waals surface area contributed by atoms with E-state index in [1.54, 1.807) is 7.11 Å². The van der Waals surface area contributed by atoms with Gasteiger partial charge in [-0.3, -0.25) is 14.5 Å². The molecule has 0 amide bonds. The third kappa shape index (κ3) is 4.82. The summed E-state index contributed by atoms with van der Waals surface area (Å²) in [6, 6.07) is 11.2. The number of anilines is 1. The summed E-state index contributed by atoms with van der Waals surface area (Å²) in [6.07, 6.45) is 7.73. The molecule has 9 rings (SSSR count). The van der Waals surface area contributed by atoms with Crippen LogP contribution in [0.15, 0.2) is 60.2 Å². The standard InChI is InChI=1S/C46H57N4O8/c1-9-28-20-29-23-45(41(52)56-7,37-31(26-50(5,24-28)25-29)30-14-11-12-15-34(30)47-37)33-21-32-35(22-36(33)55-6)48(4)39-44(32)17-19-49-18-13-16-43(10-2,38(44)49)40(58-27(3)51)46(39,54)42(53)57-8/h11-16,20-22,29,38-40,47,54H,9-10,17-19,23-26H2,1-8H3/q+1/t29-,38-,39+,40+,43+,44+,45-,46-,50?/m0/s1. The maximum Gasteiger partial charge on any atom is 0.344 e. The second-order valence-corrected chi connectivity index (χ2v) is 18.1. The highest BCUT2D eigenvalue weighted by Gasteiger charge is 2.80. The number of hydrogen-bond acceptors (Lipinski definition) is 10. The van der Waals surface area contributed by atoms with Gasteiger partial charge in [0.15, 0.2) is 6.10 Å². The number of aromatic nitrogens is 1. The van der Waals surface area contributed by atoms with Crippen LogP contribution in [0.3, 0.4) is 0 Å². The van der Waals surface area contributed by atoms with E-state index in [1.807, 2.05) is 31.0 Å². The van der Waals surface area contributed by atoms with Crippen molar-refractivity contribution in [2.24, 2.45) is 11.3 Å². The van der Waals surface area contributed by atoms with Gasteiger partial charge in [0.1, 0.15) is 24.3 Å². The van der Waals surface area contributed by atoms with Crippen molar-refractivity contribution in [2.45, 2.75) is 87.6 Å². The number of aromatic amines is 1. The molecule has 12 nitrogen and oxygen atoms in total. The number of ether oxygens (including phenoxy) is 4. The molecule has 0 radical (unpaired) electrons. The highest BCUT2D eigenvalue weighted by atomic mass is 16.6. The molecule has 3 aromatic rings. The summed E-state index contributed by atoms with van der Waals surface area (Å²) < 4.78 is 24.8. The molecule has 308 valence electrons. The smallest absolute Gasteiger partial charge is 0.344 e. The van der Waals surface area contributed by atoms with Crippen LogP contribution in [-0.4, -0.2) is 123 Å². The first-order valence-electron chi connectivity index (χ1n) is 20.8. The van der Waals surface area contributed by atoms with Gasteiger partial charge in [-0.05, 0) is 55.5 Å². The lowest BCUT2D eigenvalue weighted by Crippen LogP contribution is -2.81. The number of rotatable bonds is 7. The molecule has 2 N–H and O–H groups in total. The number of nitrogens with zero attached hydrogens (tertiary/aromatic N) is 3. The molecule has 1 unspecified atom stereocenters. The van der Waals surface area contributed by atoms with E-state index in [-0.39, 0.29) is 17.9 Å². The summed E-state index contributed by atoms with van der Waals surface area (Å²) in [6.45, 7) is 9.43. The number of aliphatic hydroxyl groups is 1. The first-order chi connectivity index (χ1) is 27.7. The van der Waals surface area contributed by atoms with Crippen LogP contribution in [0.2, 0.25) is 0 Å². The molecule has 1 saturated carbocycles. The van der Waals surface area contributed by atoms with Crippen LogP contribution in [0.5, 0.6) is 5.75 Å². The van der Waals surface area contributed by atoms with E-state index in [2.05, 4.69) is 66.3 Å². The van der Waals surface area contributed by atoms with Gasteiger partial charge in [-0.2, -0.15) is 0 Å². The lowest BCUT2D eigenvalue weighted by molar-refractivity contribution is -0.922. The van der Waals surface area contributed by atoms with Gasteiger partial charge in [0.2, 0.25) is 5.60 Å². The first-order valence-corrected chi connectivity index (χ1v) is 20.8.